The highest BCUT2D eigenvalue weighted by Crippen LogP contribution is 2.67. The number of hydrogen-bond donors (Lipinski definition) is 2. The molecule has 10 unspecified atom stereocenters. The molecule has 2 N–H and O–H groups in total. The summed E-state index contributed by atoms with van der Waals surface area (Å²) < 4.78 is 4.84. The average Bonchev–Trinajstić information content (AvgIpc) is 3.05. The first-order valence-electron chi connectivity index (χ1n) is 11.8. The Labute approximate surface area is 176 Å². The fourth-order valence-corrected chi connectivity index (χ4v) is 8.37. The minimum Gasteiger partial charge on any atom is -0.469 e. The Bertz CT molecular complexity index is 659. The Hall–Kier alpha value is -0.870. The normalized spacial score (nSPS) is 49.7. The van der Waals surface area contributed by atoms with E-state index in [1.807, 2.05) is 0 Å². The summed E-state index contributed by atoms with van der Waals surface area (Å²) in [6.45, 7) is 6.94. The van der Waals surface area contributed by atoms with Gasteiger partial charge in [0, 0.05) is 6.42 Å². The summed E-state index contributed by atoms with van der Waals surface area (Å²) in [5.74, 6) is 2.15. The largest absolute Gasteiger partial charge is 0.469 e. The maximum Gasteiger partial charge on any atom is 0.305 e. The third-order valence-corrected chi connectivity index (χ3v) is 10.1. The van der Waals surface area contributed by atoms with E-state index in [0.717, 1.165) is 38.5 Å². The molecule has 0 radical (unpaired) electrons. The van der Waals surface area contributed by atoms with Crippen molar-refractivity contribution in [3.8, 4) is 0 Å². The van der Waals surface area contributed by atoms with Gasteiger partial charge in [0.05, 0.1) is 19.3 Å². The molecular weight excluding hydrogens is 364 g/mol. The Morgan fingerprint density at radius 2 is 1.97 bits per heavy atom. The lowest BCUT2D eigenvalue weighted by Gasteiger charge is -2.62. The number of hydrogen-bond acceptors (Lipinski definition) is 4. The van der Waals surface area contributed by atoms with Gasteiger partial charge in [-0.3, -0.25) is 4.79 Å². The molecule has 0 heterocycles. The summed E-state index contributed by atoms with van der Waals surface area (Å²) in [5, 5.41) is 22.8. The van der Waals surface area contributed by atoms with Gasteiger partial charge in [0.15, 0.2) is 0 Å². The molecule has 4 heteroatoms. The first-order valence-corrected chi connectivity index (χ1v) is 11.8. The number of fused-ring (bicyclic) bond motifs is 5. The molecule has 4 nitrogen and oxygen atoms in total. The van der Waals surface area contributed by atoms with E-state index in [4.69, 9.17) is 4.74 Å². The molecule has 0 amide bonds. The van der Waals surface area contributed by atoms with Crippen LogP contribution in [-0.4, -0.2) is 35.5 Å². The maximum atomic E-state index is 11.6. The smallest absolute Gasteiger partial charge is 0.305 e. The zero-order valence-corrected chi connectivity index (χ0v) is 18.6. The average molecular weight is 405 g/mol. The van der Waals surface area contributed by atoms with Crippen LogP contribution in [0.15, 0.2) is 12.2 Å². The predicted molar refractivity (Wildman–Crippen MR) is 113 cm³/mol. The van der Waals surface area contributed by atoms with Crippen molar-refractivity contribution >= 4 is 5.97 Å². The molecular formula is C25H40O4. The first-order chi connectivity index (χ1) is 13.7. The van der Waals surface area contributed by atoms with Gasteiger partial charge in [-0.05, 0) is 91.3 Å². The molecule has 3 fully saturated rings. The molecule has 0 aliphatic heterocycles. The van der Waals surface area contributed by atoms with Crippen molar-refractivity contribution in [2.24, 2.45) is 46.3 Å². The van der Waals surface area contributed by atoms with E-state index >= 15 is 0 Å². The Morgan fingerprint density at radius 1 is 1.21 bits per heavy atom. The topological polar surface area (TPSA) is 66.8 Å². The summed E-state index contributed by atoms with van der Waals surface area (Å²) in [5.41, 5.74) is 0.0426. The number of rotatable bonds is 4. The summed E-state index contributed by atoms with van der Waals surface area (Å²) in [7, 11) is 1.45. The van der Waals surface area contributed by atoms with E-state index in [0.29, 0.717) is 41.9 Å². The quantitative estimate of drug-likeness (QED) is 0.540. The zero-order chi connectivity index (χ0) is 21.0. The van der Waals surface area contributed by atoms with Crippen LogP contribution < -0.4 is 0 Å². The monoisotopic (exact) mass is 404 g/mol. The van der Waals surface area contributed by atoms with Crippen LogP contribution in [0.25, 0.3) is 0 Å². The molecule has 164 valence electrons. The number of allylic oxidation sites excluding steroid dienone is 2. The number of carbonyl (C=O) groups excluding carboxylic acids is 1. The van der Waals surface area contributed by atoms with Crippen LogP contribution in [0.5, 0.6) is 0 Å². The lowest BCUT2D eigenvalue weighted by atomic mass is 9.44. The van der Waals surface area contributed by atoms with Crippen LogP contribution >= 0.6 is 0 Å². The van der Waals surface area contributed by atoms with E-state index in [-0.39, 0.29) is 29.0 Å². The van der Waals surface area contributed by atoms with Gasteiger partial charge >= 0.3 is 5.97 Å². The summed E-state index contributed by atoms with van der Waals surface area (Å²) in [6.07, 6.45) is 11.5. The number of aliphatic hydroxyl groups is 2. The number of ether oxygens (including phenoxy) is 1. The molecule has 0 saturated heterocycles. The Kier molecular flexibility index (Phi) is 5.65. The third kappa shape index (κ3) is 3.20. The molecule has 3 saturated carbocycles. The van der Waals surface area contributed by atoms with Gasteiger partial charge < -0.3 is 14.9 Å². The Morgan fingerprint density at radius 3 is 2.69 bits per heavy atom. The molecule has 4 aliphatic carbocycles. The second-order valence-electron chi connectivity index (χ2n) is 11.1. The molecule has 0 aromatic rings. The third-order valence-electron chi connectivity index (χ3n) is 10.1. The highest BCUT2D eigenvalue weighted by molar-refractivity contribution is 5.69. The lowest BCUT2D eigenvalue weighted by Crippen LogP contribution is -2.61. The van der Waals surface area contributed by atoms with Gasteiger partial charge in [-0.25, -0.2) is 0 Å². The van der Waals surface area contributed by atoms with Crippen LogP contribution in [0.4, 0.5) is 0 Å². The second kappa shape index (κ2) is 7.67. The van der Waals surface area contributed by atoms with E-state index in [2.05, 4.69) is 32.9 Å². The van der Waals surface area contributed by atoms with E-state index < -0.39 is 0 Å². The fraction of sp³-hybridized carbons (Fsp3) is 0.880. The predicted octanol–water partition coefficient (Wildman–Crippen LogP) is 4.34. The van der Waals surface area contributed by atoms with Gasteiger partial charge in [-0.2, -0.15) is 0 Å². The molecule has 4 rings (SSSR count). The van der Waals surface area contributed by atoms with E-state index in [1.165, 1.54) is 13.5 Å². The minimum absolute atomic E-state index is 0.146. The van der Waals surface area contributed by atoms with Crippen molar-refractivity contribution in [1.82, 2.24) is 0 Å². The first kappa shape index (κ1) is 21.4. The van der Waals surface area contributed by atoms with Crippen molar-refractivity contribution in [3.63, 3.8) is 0 Å². The van der Waals surface area contributed by atoms with Crippen LogP contribution in [0.2, 0.25) is 0 Å². The Balaban J connectivity index is 1.59. The van der Waals surface area contributed by atoms with Crippen molar-refractivity contribution in [2.75, 3.05) is 7.11 Å². The SMILES string of the molecule is COC(=O)CCC(C)C1CCC2C3C(O)CC4C=CCCC4(C)C3CC(O)C12C. The van der Waals surface area contributed by atoms with E-state index in [1.54, 1.807) is 0 Å². The zero-order valence-electron chi connectivity index (χ0n) is 18.6. The van der Waals surface area contributed by atoms with Crippen LogP contribution in [0.3, 0.4) is 0 Å². The standard InChI is InChI=1S/C25H40O4/c1-15(8-11-22(28)29-4)17-9-10-18-23-19(14-21(27)25(17,18)3)24(2)12-6-5-7-16(24)13-20(23)26/h5,7,15-21,23,26-27H,6,8-14H2,1-4H3. The second-order valence-corrected chi connectivity index (χ2v) is 11.1. The van der Waals surface area contributed by atoms with Crippen LogP contribution in [0.1, 0.15) is 72.1 Å². The highest BCUT2D eigenvalue weighted by Gasteiger charge is 2.65. The number of methoxy groups -OCH3 is 1. The number of esters is 1. The van der Waals surface area contributed by atoms with Crippen molar-refractivity contribution in [3.05, 3.63) is 12.2 Å². The van der Waals surface area contributed by atoms with Gasteiger partial charge in [0.25, 0.3) is 0 Å². The summed E-state index contributed by atoms with van der Waals surface area (Å²) >= 11 is 0. The van der Waals surface area contributed by atoms with Gasteiger partial charge in [0.2, 0.25) is 0 Å². The van der Waals surface area contributed by atoms with Crippen molar-refractivity contribution in [1.29, 1.82) is 0 Å². The summed E-state index contributed by atoms with van der Waals surface area (Å²) in [6, 6.07) is 0. The fourth-order valence-electron chi connectivity index (χ4n) is 8.37. The maximum absolute atomic E-state index is 11.6. The molecule has 0 spiro atoms. The van der Waals surface area contributed by atoms with Crippen LogP contribution in [-0.2, 0) is 9.53 Å². The molecule has 0 aromatic carbocycles. The van der Waals surface area contributed by atoms with Gasteiger partial charge in [0.1, 0.15) is 0 Å². The molecule has 29 heavy (non-hydrogen) atoms. The number of carbonyl (C=O) groups is 1. The van der Waals surface area contributed by atoms with Gasteiger partial charge in [-0.15, -0.1) is 0 Å². The lowest BCUT2D eigenvalue weighted by molar-refractivity contribution is -0.191. The minimum atomic E-state index is -0.324. The molecule has 0 bridgehead atoms. The van der Waals surface area contributed by atoms with Crippen molar-refractivity contribution < 1.29 is 19.7 Å². The van der Waals surface area contributed by atoms with Crippen LogP contribution in [0, 0.1) is 46.3 Å². The van der Waals surface area contributed by atoms with E-state index in [9.17, 15) is 15.0 Å². The highest BCUT2D eigenvalue weighted by atomic mass is 16.5. The number of aliphatic hydroxyl groups excluding tert-OH is 2. The molecule has 0 aromatic heterocycles. The van der Waals surface area contributed by atoms with Gasteiger partial charge in [-0.1, -0.05) is 32.9 Å². The molecule has 4 aliphatic rings. The van der Waals surface area contributed by atoms with Crippen molar-refractivity contribution in [2.45, 2.75) is 84.3 Å². The summed E-state index contributed by atoms with van der Waals surface area (Å²) in [4.78, 5) is 11.6. The molecule has 10 atom stereocenters.